The maximum Gasteiger partial charge on any atom is 0.471 e. The van der Waals surface area contributed by atoms with Gasteiger partial charge in [0, 0.05) is 34.6 Å². The van der Waals surface area contributed by atoms with Gasteiger partial charge in [0.25, 0.3) is 0 Å². The Labute approximate surface area is 139 Å². The van der Waals surface area contributed by atoms with Crippen LogP contribution in [0, 0.1) is 0 Å². The fourth-order valence-electron chi connectivity index (χ4n) is 1.99. The molecule has 1 amide bonds. The Bertz CT molecular complexity index is 862. The minimum Gasteiger partial charge on any atom is -0.318 e. The maximum atomic E-state index is 12.3. The largest absolute Gasteiger partial charge is 0.471 e. The number of thiazole rings is 1. The first kappa shape index (κ1) is 16.1. The number of carbonyl (C=O) groups is 1. The molecule has 0 unspecified atom stereocenters. The molecule has 3 rings (SSSR count). The molecule has 0 radical (unpaired) electrons. The third-order valence-corrected chi connectivity index (χ3v) is 3.98. The smallest absolute Gasteiger partial charge is 0.318 e. The summed E-state index contributed by atoms with van der Waals surface area (Å²) in [5, 5.41) is 4.38. The molecule has 0 fully saturated rings. The summed E-state index contributed by atoms with van der Waals surface area (Å²) in [4.78, 5) is 19.5. The number of carbonyl (C=O) groups excluding carboxylic acids is 1. The van der Waals surface area contributed by atoms with E-state index >= 15 is 0 Å². The summed E-state index contributed by atoms with van der Waals surface area (Å²) in [5.41, 5.74) is 2.14. The number of pyridine rings is 1. The summed E-state index contributed by atoms with van der Waals surface area (Å²) in [7, 11) is 0. The Morgan fingerprint density at radius 1 is 1.12 bits per heavy atom. The van der Waals surface area contributed by atoms with E-state index in [1.54, 1.807) is 36.0 Å². The van der Waals surface area contributed by atoms with Crippen molar-refractivity contribution in [3.63, 3.8) is 0 Å². The Hall–Kier alpha value is -2.74. The van der Waals surface area contributed by atoms with Crippen molar-refractivity contribution in [3.05, 3.63) is 54.2 Å². The average Bonchev–Trinajstić information content (AvgIpc) is 3.05. The second-order valence-corrected chi connectivity index (χ2v) is 5.67. The van der Waals surface area contributed by atoms with Crippen LogP contribution in [0.4, 0.5) is 18.9 Å². The number of rotatable bonds is 3. The first-order valence-electron chi connectivity index (χ1n) is 6.78. The fourth-order valence-corrected chi connectivity index (χ4v) is 2.81. The van der Waals surface area contributed by atoms with Gasteiger partial charge in [0.15, 0.2) is 0 Å². The van der Waals surface area contributed by atoms with Gasteiger partial charge in [-0.1, -0.05) is 12.1 Å². The number of hydrogen-bond acceptors (Lipinski definition) is 4. The molecule has 1 aromatic carbocycles. The number of benzene rings is 1. The first-order chi connectivity index (χ1) is 11.4. The first-order valence-corrected chi connectivity index (χ1v) is 7.66. The fraction of sp³-hybridized carbons (Fsp3) is 0.0625. The zero-order chi connectivity index (χ0) is 17.2. The Morgan fingerprint density at radius 2 is 1.92 bits per heavy atom. The highest BCUT2D eigenvalue weighted by atomic mass is 32.1. The summed E-state index contributed by atoms with van der Waals surface area (Å²) in [6, 6.07) is 9.78. The second-order valence-electron chi connectivity index (χ2n) is 4.81. The van der Waals surface area contributed by atoms with Crippen LogP contribution in [0.5, 0.6) is 0 Å². The van der Waals surface area contributed by atoms with Gasteiger partial charge in [-0.2, -0.15) is 13.2 Å². The molecule has 24 heavy (non-hydrogen) atoms. The van der Waals surface area contributed by atoms with Crippen molar-refractivity contribution in [1.29, 1.82) is 0 Å². The molecule has 0 saturated carbocycles. The number of nitrogens with zero attached hydrogens (tertiary/aromatic N) is 2. The lowest BCUT2D eigenvalue weighted by Gasteiger charge is -2.08. The van der Waals surface area contributed by atoms with E-state index < -0.39 is 12.1 Å². The normalized spacial score (nSPS) is 11.3. The highest BCUT2D eigenvalue weighted by Gasteiger charge is 2.38. The quantitative estimate of drug-likeness (QED) is 0.764. The van der Waals surface area contributed by atoms with Crippen molar-refractivity contribution in [2.45, 2.75) is 6.18 Å². The molecule has 0 saturated heterocycles. The number of aromatic nitrogens is 2. The molecule has 0 spiro atoms. The third kappa shape index (κ3) is 3.60. The van der Waals surface area contributed by atoms with Crippen LogP contribution >= 0.6 is 11.3 Å². The number of anilines is 1. The van der Waals surface area contributed by atoms with Gasteiger partial charge in [0.05, 0.1) is 5.69 Å². The lowest BCUT2D eigenvalue weighted by atomic mass is 10.1. The summed E-state index contributed by atoms with van der Waals surface area (Å²) >= 11 is 1.40. The van der Waals surface area contributed by atoms with Gasteiger partial charge in [0.2, 0.25) is 0 Å². The highest BCUT2D eigenvalue weighted by molar-refractivity contribution is 7.13. The Balaban J connectivity index is 1.85. The Kier molecular flexibility index (Phi) is 4.30. The molecule has 0 bridgehead atoms. The van der Waals surface area contributed by atoms with Crippen LogP contribution in [-0.2, 0) is 4.79 Å². The van der Waals surface area contributed by atoms with Crippen molar-refractivity contribution in [2.75, 3.05) is 5.32 Å². The molecule has 2 aromatic heterocycles. The summed E-state index contributed by atoms with van der Waals surface area (Å²) in [6.45, 7) is 0. The number of hydrogen-bond donors (Lipinski definition) is 1. The highest BCUT2D eigenvalue weighted by Crippen LogP contribution is 2.29. The van der Waals surface area contributed by atoms with Crippen LogP contribution in [0.25, 0.3) is 21.8 Å². The lowest BCUT2D eigenvalue weighted by Crippen LogP contribution is -2.29. The van der Waals surface area contributed by atoms with E-state index in [1.165, 1.54) is 23.5 Å². The molecule has 0 atom stereocenters. The predicted molar refractivity (Wildman–Crippen MR) is 85.5 cm³/mol. The summed E-state index contributed by atoms with van der Waals surface area (Å²) in [6.07, 6.45) is -1.59. The van der Waals surface area contributed by atoms with Crippen LogP contribution in [-0.4, -0.2) is 22.1 Å². The van der Waals surface area contributed by atoms with Crippen molar-refractivity contribution in [2.24, 2.45) is 0 Å². The third-order valence-electron chi connectivity index (χ3n) is 3.09. The van der Waals surface area contributed by atoms with E-state index in [0.29, 0.717) is 11.3 Å². The van der Waals surface area contributed by atoms with Gasteiger partial charge in [-0.15, -0.1) is 11.3 Å². The topological polar surface area (TPSA) is 54.9 Å². The molecule has 3 aromatic rings. The SMILES string of the molecule is O=C(Nc1cccc(-c2csc(-c3cccnc3)n2)c1)C(F)(F)F. The van der Waals surface area contributed by atoms with Crippen molar-refractivity contribution >= 4 is 22.9 Å². The van der Waals surface area contributed by atoms with Crippen LogP contribution in [0.3, 0.4) is 0 Å². The van der Waals surface area contributed by atoms with Crippen LogP contribution in [0.2, 0.25) is 0 Å². The van der Waals surface area contributed by atoms with Crippen LogP contribution in [0.1, 0.15) is 0 Å². The number of amides is 1. The van der Waals surface area contributed by atoms with Crippen LogP contribution < -0.4 is 5.32 Å². The van der Waals surface area contributed by atoms with Gasteiger partial charge in [-0.05, 0) is 24.3 Å². The van der Waals surface area contributed by atoms with E-state index in [1.807, 2.05) is 11.4 Å². The molecule has 0 aliphatic rings. The number of halogens is 3. The second kappa shape index (κ2) is 6.40. The molecule has 122 valence electrons. The summed E-state index contributed by atoms with van der Waals surface area (Å²) < 4.78 is 37.0. The van der Waals surface area contributed by atoms with Crippen molar-refractivity contribution in [3.8, 4) is 21.8 Å². The van der Waals surface area contributed by atoms with Gasteiger partial charge in [-0.25, -0.2) is 4.98 Å². The molecule has 1 N–H and O–H groups in total. The van der Waals surface area contributed by atoms with E-state index in [0.717, 1.165) is 10.6 Å². The standard InChI is InChI=1S/C16H10F3N3OS/c17-16(18,19)15(23)21-12-5-1-3-10(7-12)13-9-24-14(22-13)11-4-2-6-20-8-11/h1-9H,(H,21,23). The number of alkyl halides is 3. The molecular formula is C16H10F3N3OS. The minimum atomic E-state index is -4.93. The van der Waals surface area contributed by atoms with Crippen molar-refractivity contribution in [1.82, 2.24) is 9.97 Å². The average molecular weight is 349 g/mol. The molecule has 8 heteroatoms. The van der Waals surface area contributed by atoms with Crippen molar-refractivity contribution < 1.29 is 18.0 Å². The number of nitrogens with one attached hydrogen (secondary N) is 1. The van der Waals surface area contributed by atoms with Gasteiger partial charge in [0.1, 0.15) is 5.01 Å². The van der Waals surface area contributed by atoms with Gasteiger partial charge >= 0.3 is 12.1 Å². The van der Waals surface area contributed by atoms with Gasteiger partial charge < -0.3 is 5.32 Å². The van der Waals surface area contributed by atoms with E-state index in [9.17, 15) is 18.0 Å². The zero-order valence-corrected chi connectivity index (χ0v) is 12.9. The van der Waals surface area contributed by atoms with E-state index in [2.05, 4.69) is 9.97 Å². The minimum absolute atomic E-state index is 0.0609. The Morgan fingerprint density at radius 3 is 2.62 bits per heavy atom. The monoisotopic (exact) mass is 349 g/mol. The van der Waals surface area contributed by atoms with Gasteiger partial charge in [-0.3, -0.25) is 9.78 Å². The molecule has 2 heterocycles. The molecule has 0 aliphatic heterocycles. The lowest BCUT2D eigenvalue weighted by molar-refractivity contribution is -0.167. The van der Waals surface area contributed by atoms with E-state index in [4.69, 9.17) is 0 Å². The molecular weight excluding hydrogens is 339 g/mol. The maximum absolute atomic E-state index is 12.3. The molecule has 4 nitrogen and oxygen atoms in total. The summed E-state index contributed by atoms with van der Waals surface area (Å²) in [5.74, 6) is -2.01. The van der Waals surface area contributed by atoms with Crippen LogP contribution in [0.15, 0.2) is 54.2 Å². The molecule has 0 aliphatic carbocycles. The van der Waals surface area contributed by atoms with E-state index in [-0.39, 0.29) is 5.69 Å². The zero-order valence-electron chi connectivity index (χ0n) is 12.0. The predicted octanol–water partition coefficient (Wildman–Crippen LogP) is 4.37.